The number of anilines is 1. The summed E-state index contributed by atoms with van der Waals surface area (Å²) in [5.74, 6) is 1.10. The third-order valence-corrected chi connectivity index (χ3v) is 3.22. The standard InChI is InChI=1S/C10H15ClN2S/c1-13-5-2-6-14-8-3-4-10(12)9(11)7-8/h3-4,7,13H,2,5-6,12H2,1H3. The molecule has 1 rings (SSSR count). The van der Waals surface area contributed by atoms with Crippen LogP contribution in [-0.2, 0) is 0 Å². The van der Waals surface area contributed by atoms with Crippen molar-refractivity contribution in [1.82, 2.24) is 5.32 Å². The maximum absolute atomic E-state index is 5.90. The van der Waals surface area contributed by atoms with Crippen LogP contribution < -0.4 is 11.1 Å². The van der Waals surface area contributed by atoms with Crippen molar-refractivity contribution < 1.29 is 0 Å². The van der Waals surface area contributed by atoms with Crippen LogP contribution in [0.5, 0.6) is 0 Å². The van der Waals surface area contributed by atoms with Crippen LogP contribution in [0.3, 0.4) is 0 Å². The molecule has 0 aromatic heterocycles. The highest BCUT2D eigenvalue weighted by atomic mass is 35.5. The van der Waals surface area contributed by atoms with Crippen molar-refractivity contribution in [3.05, 3.63) is 23.2 Å². The number of rotatable bonds is 5. The molecule has 0 amide bonds. The summed E-state index contributed by atoms with van der Waals surface area (Å²) in [5, 5.41) is 3.76. The highest BCUT2D eigenvalue weighted by molar-refractivity contribution is 7.99. The van der Waals surface area contributed by atoms with Crippen molar-refractivity contribution in [2.45, 2.75) is 11.3 Å². The zero-order chi connectivity index (χ0) is 10.4. The third kappa shape index (κ3) is 3.78. The first kappa shape index (κ1) is 11.7. The minimum absolute atomic E-state index is 0.642. The monoisotopic (exact) mass is 230 g/mol. The second-order valence-corrected chi connectivity index (χ2v) is 4.56. The molecule has 1 aromatic rings. The van der Waals surface area contributed by atoms with E-state index in [2.05, 4.69) is 5.32 Å². The molecule has 0 atom stereocenters. The second-order valence-electron chi connectivity index (χ2n) is 2.99. The highest BCUT2D eigenvalue weighted by Crippen LogP contribution is 2.26. The number of hydrogen-bond acceptors (Lipinski definition) is 3. The molecular formula is C10H15ClN2S. The van der Waals surface area contributed by atoms with E-state index in [-0.39, 0.29) is 0 Å². The van der Waals surface area contributed by atoms with Crippen molar-refractivity contribution in [2.24, 2.45) is 0 Å². The fourth-order valence-electron chi connectivity index (χ4n) is 1.04. The van der Waals surface area contributed by atoms with Gasteiger partial charge in [-0.15, -0.1) is 11.8 Å². The highest BCUT2D eigenvalue weighted by Gasteiger charge is 1.98. The number of nitrogen functional groups attached to an aromatic ring is 1. The van der Waals surface area contributed by atoms with E-state index in [9.17, 15) is 0 Å². The number of thioether (sulfide) groups is 1. The Labute approximate surface area is 94.2 Å². The van der Waals surface area contributed by atoms with Crippen LogP contribution in [0.4, 0.5) is 5.69 Å². The van der Waals surface area contributed by atoms with Gasteiger partial charge < -0.3 is 11.1 Å². The average Bonchev–Trinajstić information content (AvgIpc) is 2.18. The number of nitrogens with one attached hydrogen (secondary N) is 1. The summed E-state index contributed by atoms with van der Waals surface area (Å²) in [4.78, 5) is 1.18. The Bertz CT molecular complexity index is 291. The van der Waals surface area contributed by atoms with Gasteiger partial charge >= 0.3 is 0 Å². The van der Waals surface area contributed by atoms with Gasteiger partial charge in [-0.3, -0.25) is 0 Å². The van der Waals surface area contributed by atoms with Crippen LogP contribution in [0.1, 0.15) is 6.42 Å². The predicted octanol–water partition coefficient (Wildman–Crippen LogP) is 2.62. The summed E-state index contributed by atoms with van der Waals surface area (Å²) in [6.07, 6.45) is 1.16. The van der Waals surface area contributed by atoms with Gasteiger partial charge in [-0.1, -0.05) is 11.6 Å². The van der Waals surface area contributed by atoms with Crippen LogP contribution in [-0.4, -0.2) is 19.3 Å². The van der Waals surface area contributed by atoms with Gasteiger partial charge in [0.2, 0.25) is 0 Å². The van der Waals surface area contributed by atoms with Crippen molar-refractivity contribution in [3.8, 4) is 0 Å². The van der Waals surface area contributed by atoms with Crippen LogP contribution in [0, 0.1) is 0 Å². The molecule has 4 heteroatoms. The molecule has 14 heavy (non-hydrogen) atoms. The summed E-state index contributed by atoms with van der Waals surface area (Å²) < 4.78 is 0. The second kappa shape index (κ2) is 6.17. The fraction of sp³-hybridized carbons (Fsp3) is 0.400. The van der Waals surface area contributed by atoms with Gasteiger partial charge in [0, 0.05) is 4.90 Å². The number of nitrogens with two attached hydrogens (primary N) is 1. The van der Waals surface area contributed by atoms with E-state index in [0.29, 0.717) is 10.7 Å². The Morgan fingerprint density at radius 2 is 2.29 bits per heavy atom. The Kier molecular flexibility index (Phi) is 5.15. The Balaban J connectivity index is 2.39. The lowest BCUT2D eigenvalue weighted by Gasteiger charge is -2.03. The fourth-order valence-corrected chi connectivity index (χ4v) is 2.17. The molecule has 0 unspecified atom stereocenters. The SMILES string of the molecule is CNCCCSc1ccc(N)c(Cl)c1. The van der Waals surface area contributed by atoms with Crippen molar-refractivity contribution in [2.75, 3.05) is 25.1 Å². The smallest absolute Gasteiger partial charge is 0.0646 e. The van der Waals surface area contributed by atoms with Gasteiger partial charge in [0.15, 0.2) is 0 Å². The molecule has 0 aliphatic carbocycles. The first-order chi connectivity index (χ1) is 6.74. The van der Waals surface area contributed by atoms with Gasteiger partial charge in [-0.05, 0) is 44.0 Å². The van der Waals surface area contributed by atoms with Gasteiger partial charge in [0.1, 0.15) is 0 Å². The van der Waals surface area contributed by atoms with E-state index >= 15 is 0 Å². The van der Waals surface area contributed by atoms with E-state index in [1.165, 1.54) is 4.90 Å². The minimum Gasteiger partial charge on any atom is -0.398 e. The molecule has 1 aromatic carbocycles. The molecule has 0 aliphatic rings. The molecule has 0 fully saturated rings. The first-order valence-corrected chi connectivity index (χ1v) is 5.93. The lowest BCUT2D eigenvalue weighted by atomic mass is 10.3. The van der Waals surface area contributed by atoms with Crippen LogP contribution in [0.25, 0.3) is 0 Å². The van der Waals surface area contributed by atoms with E-state index in [1.807, 2.05) is 25.2 Å². The number of benzene rings is 1. The molecule has 0 saturated heterocycles. The summed E-state index contributed by atoms with van der Waals surface area (Å²) in [6.45, 7) is 1.05. The lowest BCUT2D eigenvalue weighted by Crippen LogP contribution is -2.07. The van der Waals surface area contributed by atoms with E-state index in [1.54, 1.807) is 11.8 Å². The molecule has 0 bridgehead atoms. The molecule has 0 radical (unpaired) electrons. The predicted molar refractivity (Wildman–Crippen MR) is 65.1 cm³/mol. The molecule has 78 valence electrons. The van der Waals surface area contributed by atoms with Gasteiger partial charge in [-0.2, -0.15) is 0 Å². The van der Waals surface area contributed by atoms with E-state index in [4.69, 9.17) is 17.3 Å². The molecule has 0 saturated carbocycles. The molecule has 3 N–H and O–H groups in total. The summed E-state index contributed by atoms with van der Waals surface area (Å²) >= 11 is 7.71. The Morgan fingerprint density at radius 3 is 2.93 bits per heavy atom. The van der Waals surface area contributed by atoms with Crippen LogP contribution >= 0.6 is 23.4 Å². The van der Waals surface area contributed by atoms with Crippen molar-refractivity contribution >= 4 is 29.1 Å². The third-order valence-electron chi connectivity index (χ3n) is 1.81. The van der Waals surface area contributed by atoms with Gasteiger partial charge in [0.25, 0.3) is 0 Å². The molecular weight excluding hydrogens is 216 g/mol. The van der Waals surface area contributed by atoms with Crippen LogP contribution in [0.15, 0.2) is 23.1 Å². The van der Waals surface area contributed by atoms with Crippen molar-refractivity contribution in [3.63, 3.8) is 0 Å². The number of hydrogen-bond donors (Lipinski definition) is 2. The van der Waals surface area contributed by atoms with E-state index < -0.39 is 0 Å². The van der Waals surface area contributed by atoms with E-state index in [0.717, 1.165) is 18.7 Å². The van der Waals surface area contributed by atoms with Crippen LogP contribution in [0.2, 0.25) is 5.02 Å². The quantitative estimate of drug-likeness (QED) is 0.464. The summed E-state index contributed by atoms with van der Waals surface area (Å²) in [7, 11) is 1.96. The summed E-state index contributed by atoms with van der Waals surface area (Å²) in [6, 6.07) is 5.77. The normalized spacial score (nSPS) is 10.4. The molecule has 0 aliphatic heterocycles. The zero-order valence-corrected chi connectivity index (χ0v) is 9.79. The maximum atomic E-state index is 5.90. The number of halogens is 1. The zero-order valence-electron chi connectivity index (χ0n) is 8.22. The lowest BCUT2D eigenvalue weighted by molar-refractivity contribution is 0.778. The van der Waals surface area contributed by atoms with Gasteiger partial charge in [0.05, 0.1) is 10.7 Å². The Hall–Kier alpha value is -0.380. The minimum atomic E-state index is 0.642. The molecule has 0 spiro atoms. The Morgan fingerprint density at radius 1 is 1.50 bits per heavy atom. The summed E-state index contributed by atoms with van der Waals surface area (Å²) in [5.41, 5.74) is 6.26. The topological polar surface area (TPSA) is 38.0 Å². The maximum Gasteiger partial charge on any atom is 0.0646 e. The van der Waals surface area contributed by atoms with Gasteiger partial charge in [-0.25, -0.2) is 0 Å². The molecule has 0 heterocycles. The average molecular weight is 231 g/mol. The first-order valence-electron chi connectivity index (χ1n) is 4.56. The molecule has 2 nitrogen and oxygen atoms in total. The van der Waals surface area contributed by atoms with Crippen molar-refractivity contribution in [1.29, 1.82) is 0 Å². The largest absolute Gasteiger partial charge is 0.398 e.